The average Bonchev–Trinajstić information content (AvgIpc) is 3.12. The minimum atomic E-state index is -4.44. The SMILES string of the molecule is CCC1O[C@H](O[C@@H]2C(OS(C)(=O)=O)C(O[C@H]3OC(CNC(=O)OC(C)(C)C)CCC3NC(=O)OC(C)(C)C)[C@@H](NC(=O)OC(C)(C)C)C[C@H]2C)C(OC(C)=O)[C@@H](NC(=O)OC(C)(C)C)[C@H]1OC(C)=O. The van der Waals surface area contributed by atoms with Gasteiger partial charge in [-0.25, -0.2) is 19.2 Å². The molecule has 24 heteroatoms. The van der Waals surface area contributed by atoms with Crippen LogP contribution in [0, 0.1) is 5.92 Å². The van der Waals surface area contributed by atoms with Gasteiger partial charge in [-0.1, -0.05) is 13.8 Å². The van der Waals surface area contributed by atoms with Crippen molar-refractivity contribution in [3.8, 4) is 0 Å². The standard InChI is InChI=1S/C45H78N4O19S/c1-18-29-33(58-24(3)50)30(49-41(55)67-45(14,15)16)34(59-25(4)51)37(61-29)62-31-23(2)21-28(48-40(54)66-44(11,12)13)32(35(31)68-69(17,56)57)63-36-27(47-39(53)65-43(8,9)10)20-19-26(60-36)22-46-38(52)64-42(5,6)7/h23,26-37H,18-22H2,1-17H3,(H,46,52)(H,47,53)(H,48,54)(H,49,55)/t23-,26?,27?,28+,29?,30+,31+,32?,33+,34?,35?,36-,37-/m1/s1. The Morgan fingerprint density at radius 2 is 1.04 bits per heavy atom. The number of hydrogen-bond acceptors (Lipinski definition) is 19. The Bertz CT molecular complexity index is 1890. The molecule has 0 aromatic carbocycles. The lowest BCUT2D eigenvalue weighted by atomic mass is 9.80. The zero-order chi connectivity index (χ0) is 52.6. The molecule has 2 saturated heterocycles. The van der Waals surface area contributed by atoms with Gasteiger partial charge in [0.05, 0.1) is 36.7 Å². The molecule has 0 aromatic heterocycles. The van der Waals surface area contributed by atoms with Crippen molar-refractivity contribution in [3.63, 3.8) is 0 Å². The van der Waals surface area contributed by atoms with Gasteiger partial charge >= 0.3 is 36.3 Å². The molecule has 2 heterocycles. The first-order chi connectivity index (χ1) is 31.4. The van der Waals surface area contributed by atoms with Crippen molar-refractivity contribution in [3.05, 3.63) is 0 Å². The zero-order valence-electron chi connectivity index (χ0n) is 43.2. The van der Waals surface area contributed by atoms with Crippen LogP contribution in [0.4, 0.5) is 19.2 Å². The summed E-state index contributed by atoms with van der Waals surface area (Å²) in [7, 11) is -4.44. The first kappa shape index (κ1) is 59.1. The van der Waals surface area contributed by atoms with Crippen molar-refractivity contribution in [2.24, 2.45) is 5.92 Å². The minimum Gasteiger partial charge on any atom is -0.457 e. The largest absolute Gasteiger partial charge is 0.457 e. The fourth-order valence-electron chi connectivity index (χ4n) is 7.88. The molecule has 4 N–H and O–H groups in total. The van der Waals surface area contributed by atoms with Crippen LogP contribution in [0.25, 0.3) is 0 Å². The summed E-state index contributed by atoms with van der Waals surface area (Å²) in [5.41, 5.74) is -3.65. The van der Waals surface area contributed by atoms with Crippen molar-refractivity contribution in [2.45, 2.75) is 232 Å². The average molecular weight is 1010 g/mol. The molecule has 2 aliphatic heterocycles. The Balaban J connectivity index is 2.21. The molecule has 4 amide bonds. The van der Waals surface area contributed by atoms with Crippen LogP contribution in [0.5, 0.6) is 0 Å². The van der Waals surface area contributed by atoms with E-state index in [0.29, 0.717) is 0 Å². The van der Waals surface area contributed by atoms with Gasteiger partial charge in [0.15, 0.2) is 24.8 Å². The number of ether oxygens (including phenoxy) is 10. The van der Waals surface area contributed by atoms with Crippen LogP contribution in [-0.2, 0) is 71.3 Å². The van der Waals surface area contributed by atoms with Crippen LogP contribution >= 0.6 is 0 Å². The van der Waals surface area contributed by atoms with Gasteiger partial charge in [-0.2, -0.15) is 8.42 Å². The van der Waals surface area contributed by atoms with Gasteiger partial charge in [0.1, 0.15) is 40.7 Å². The highest BCUT2D eigenvalue weighted by atomic mass is 32.2. The Morgan fingerprint density at radius 3 is 1.52 bits per heavy atom. The first-order valence-corrected chi connectivity index (χ1v) is 25.0. The molecule has 69 heavy (non-hydrogen) atoms. The monoisotopic (exact) mass is 1010 g/mol. The van der Waals surface area contributed by atoms with E-state index in [0.717, 1.165) is 20.1 Å². The third kappa shape index (κ3) is 20.6. The lowest BCUT2D eigenvalue weighted by Crippen LogP contribution is -2.68. The maximum absolute atomic E-state index is 13.6. The maximum Gasteiger partial charge on any atom is 0.408 e. The third-order valence-electron chi connectivity index (χ3n) is 10.2. The quantitative estimate of drug-likeness (QED) is 0.103. The summed E-state index contributed by atoms with van der Waals surface area (Å²) >= 11 is 0. The molecule has 3 rings (SSSR count). The lowest BCUT2D eigenvalue weighted by Gasteiger charge is -2.50. The summed E-state index contributed by atoms with van der Waals surface area (Å²) in [4.78, 5) is 78.2. The summed E-state index contributed by atoms with van der Waals surface area (Å²) in [5.74, 6) is -2.32. The van der Waals surface area contributed by atoms with Crippen molar-refractivity contribution in [1.29, 1.82) is 0 Å². The normalized spacial score (nSPS) is 30.1. The van der Waals surface area contributed by atoms with Crippen molar-refractivity contribution >= 4 is 46.4 Å². The number of carbonyl (C=O) groups excluding carboxylic acids is 6. The Hall–Kier alpha value is -4.23. The van der Waals surface area contributed by atoms with E-state index in [1.807, 2.05) is 0 Å². The van der Waals surface area contributed by atoms with E-state index in [1.54, 1.807) is 96.9 Å². The Morgan fingerprint density at radius 1 is 0.580 bits per heavy atom. The number of alkyl carbamates (subject to hydrolysis) is 4. The van der Waals surface area contributed by atoms with E-state index in [4.69, 9.17) is 51.6 Å². The molecular weight excluding hydrogens is 933 g/mol. The summed E-state index contributed by atoms with van der Waals surface area (Å²) < 4.78 is 92.4. The molecule has 3 fully saturated rings. The summed E-state index contributed by atoms with van der Waals surface area (Å²) in [6, 6.07) is -3.42. The van der Waals surface area contributed by atoms with E-state index in [1.165, 1.54) is 0 Å². The van der Waals surface area contributed by atoms with Gasteiger partial charge in [-0.15, -0.1) is 0 Å². The molecular formula is C45H78N4O19S. The van der Waals surface area contributed by atoms with Crippen molar-refractivity contribution in [2.75, 3.05) is 12.8 Å². The fraction of sp³-hybridized carbons (Fsp3) is 0.867. The second kappa shape index (κ2) is 23.8. The summed E-state index contributed by atoms with van der Waals surface area (Å²) in [6.45, 7) is 25.6. The minimum absolute atomic E-state index is 0.00345. The number of hydrogen-bond donors (Lipinski definition) is 4. The van der Waals surface area contributed by atoms with Gasteiger partial charge in [0.2, 0.25) is 0 Å². The molecule has 0 spiro atoms. The van der Waals surface area contributed by atoms with Crippen LogP contribution in [0.3, 0.4) is 0 Å². The van der Waals surface area contributed by atoms with Gasteiger partial charge in [-0.3, -0.25) is 13.8 Å². The lowest BCUT2D eigenvalue weighted by molar-refractivity contribution is -0.316. The first-order valence-electron chi connectivity index (χ1n) is 23.2. The van der Waals surface area contributed by atoms with E-state index in [2.05, 4.69) is 21.3 Å². The second-order valence-electron chi connectivity index (χ2n) is 21.5. The van der Waals surface area contributed by atoms with Gasteiger partial charge in [-0.05, 0) is 115 Å². The van der Waals surface area contributed by atoms with E-state index < -0.39 is 148 Å². The molecule has 398 valence electrons. The predicted octanol–water partition coefficient (Wildman–Crippen LogP) is 4.85. The highest BCUT2D eigenvalue weighted by molar-refractivity contribution is 7.86. The fourth-order valence-corrected chi connectivity index (χ4v) is 8.50. The van der Waals surface area contributed by atoms with Crippen molar-refractivity contribution < 1.29 is 88.7 Å². The third-order valence-corrected chi connectivity index (χ3v) is 10.7. The topological polar surface area (TPSA) is 286 Å². The zero-order valence-corrected chi connectivity index (χ0v) is 44.0. The molecule has 3 aliphatic rings. The summed E-state index contributed by atoms with van der Waals surface area (Å²) in [6.07, 6.45) is -14.1. The van der Waals surface area contributed by atoms with Gasteiger partial charge in [0.25, 0.3) is 10.1 Å². The van der Waals surface area contributed by atoms with E-state index in [-0.39, 0.29) is 32.2 Å². The Kier molecular flexibility index (Phi) is 20.4. The smallest absolute Gasteiger partial charge is 0.408 e. The number of esters is 2. The molecule has 1 aliphatic carbocycles. The van der Waals surface area contributed by atoms with Gasteiger partial charge < -0.3 is 68.6 Å². The van der Waals surface area contributed by atoms with Crippen LogP contribution in [-0.4, -0.2) is 153 Å². The predicted molar refractivity (Wildman–Crippen MR) is 245 cm³/mol. The molecule has 0 radical (unpaired) electrons. The molecule has 1 saturated carbocycles. The van der Waals surface area contributed by atoms with Crippen LogP contribution in [0.2, 0.25) is 0 Å². The molecule has 0 aromatic rings. The van der Waals surface area contributed by atoms with Crippen LogP contribution in [0.1, 0.15) is 136 Å². The van der Waals surface area contributed by atoms with E-state index >= 15 is 0 Å². The molecule has 13 atom stereocenters. The number of nitrogens with one attached hydrogen (secondary N) is 4. The van der Waals surface area contributed by atoms with E-state index in [9.17, 15) is 37.2 Å². The van der Waals surface area contributed by atoms with Crippen LogP contribution in [0.15, 0.2) is 0 Å². The summed E-state index contributed by atoms with van der Waals surface area (Å²) in [5, 5.41) is 10.9. The number of amides is 4. The highest BCUT2D eigenvalue weighted by Crippen LogP contribution is 2.38. The van der Waals surface area contributed by atoms with Crippen LogP contribution < -0.4 is 21.3 Å². The molecule has 23 nitrogen and oxygen atoms in total. The van der Waals surface area contributed by atoms with Gasteiger partial charge in [0, 0.05) is 20.4 Å². The molecule has 6 unspecified atom stereocenters. The Labute approximate surface area is 406 Å². The number of carbonyl (C=O) groups is 6. The molecule has 0 bridgehead atoms. The highest BCUT2D eigenvalue weighted by Gasteiger charge is 2.56. The van der Waals surface area contributed by atoms with Crippen molar-refractivity contribution in [1.82, 2.24) is 21.3 Å². The number of rotatable bonds is 14. The maximum atomic E-state index is 13.6. The second-order valence-corrected chi connectivity index (χ2v) is 23.1.